The van der Waals surface area contributed by atoms with Crippen molar-refractivity contribution in [1.82, 2.24) is 19.6 Å². The number of piperidine rings is 1. The van der Waals surface area contributed by atoms with Crippen molar-refractivity contribution in [3.8, 4) is 0 Å². The molecule has 2 aliphatic heterocycles. The first-order valence-electron chi connectivity index (χ1n) is 8.74. The summed E-state index contributed by atoms with van der Waals surface area (Å²) in [5, 5.41) is 4.28. The van der Waals surface area contributed by atoms with Crippen molar-refractivity contribution >= 4 is 11.8 Å². The summed E-state index contributed by atoms with van der Waals surface area (Å²) < 4.78 is 22.2. The molecule has 0 aromatic carbocycles. The molecule has 1 aromatic heterocycles. The molecular formula is C17H25FN4O3. The van der Waals surface area contributed by atoms with Crippen LogP contribution in [0.4, 0.5) is 4.39 Å². The van der Waals surface area contributed by atoms with E-state index in [1.54, 1.807) is 4.68 Å². The Hall–Kier alpha value is -1.96. The largest absolute Gasteiger partial charge is 0.378 e. The third kappa shape index (κ3) is 3.84. The van der Waals surface area contributed by atoms with Gasteiger partial charge in [0.25, 0.3) is 5.91 Å². The quantitative estimate of drug-likeness (QED) is 0.803. The number of rotatable bonds is 3. The topological polar surface area (TPSA) is 67.7 Å². The number of aryl methyl sites for hydroxylation is 2. The van der Waals surface area contributed by atoms with Crippen LogP contribution in [0.3, 0.4) is 0 Å². The first-order chi connectivity index (χ1) is 11.9. The van der Waals surface area contributed by atoms with E-state index in [0.717, 1.165) is 11.4 Å². The first-order valence-corrected chi connectivity index (χ1v) is 8.74. The lowest BCUT2D eigenvalue weighted by molar-refractivity contribution is -0.155. The van der Waals surface area contributed by atoms with Gasteiger partial charge in [-0.15, -0.1) is 0 Å². The van der Waals surface area contributed by atoms with Gasteiger partial charge in [0.05, 0.1) is 25.5 Å². The zero-order valence-corrected chi connectivity index (χ0v) is 14.8. The van der Waals surface area contributed by atoms with E-state index in [0.29, 0.717) is 39.3 Å². The second kappa shape index (κ2) is 7.11. The van der Waals surface area contributed by atoms with Gasteiger partial charge in [-0.25, -0.2) is 4.39 Å². The molecule has 0 saturated carbocycles. The van der Waals surface area contributed by atoms with Crippen LogP contribution in [0.2, 0.25) is 0 Å². The third-order valence-electron chi connectivity index (χ3n) is 4.87. The normalized spacial score (nSPS) is 24.4. The maximum absolute atomic E-state index is 15.3. The SMILES string of the molecule is Cc1cc(C)n(CC(=O)N2CCC[C@@](F)(C(=O)N3CCOCC3)C2)n1. The fourth-order valence-corrected chi connectivity index (χ4v) is 3.51. The number of ether oxygens (including phenoxy) is 1. The van der Waals surface area contributed by atoms with Crippen LogP contribution in [0.5, 0.6) is 0 Å². The standard InChI is InChI=1S/C17H25FN4O3/c1-13-10-14(2)22(19-13)11-15(23)21-5-3-4-17(18,12-21)16(24)20-6-8-25-9-7-20/h10H,3-9,11-12H2,1-2H3/t17-/m0/s1. The lowest BCUT2D eigenvalue weighted by Crippen LogP contribution is -2.58. The predicted octanol–water partition coefficient (Wildman–Crippen LogP) is 0.689. The highest BCUT2D eigenvalue weighted by molar-refractivity contribution is 5.87. The number of hydrogen-bond donors (Lipinski definition) is 0. The van der Waals surface area contributed by atoms with E-state index >= 15 is 4.39 Å². The Labute approximate surface area is 146 Å². The van der Waals surface area contributed by atoms with Crippen molar-refractivity contribution in [2.24, 2.45) is 0 Å². The summed E-state index contributed by atoms with van der Waals surface area (Å²) in [6, 6.07) is 1.89. The molecular weight excluding hydrogens is 327 g/mol. The molecule has 0 N–H and O–H groups in total. The number of aromatic nitrogens is 2. The van der Waals surface area contributed by atoms with Gasteiger partial charge < -0.3 is 14.5 Å². The summed E-state index contributed by atoms with van der Waals surface area (Å²) in [5.74, 6) is -0.720. The molecule has 2 aliphatic rings. The Morgan fingerprint density at radius 1 is 1.24 bits per heavy atom. The molecule has 1 aromatic rings. The van der Waals surface area contributed by atoms with Gasteiger partial charge >= 0.3 is 0 Å². The zero-order valence-electron chi connectivity index (χ0n) is 14.8. The summed E-state index contributed by atoms with van der Waals surface area (Å²) in [7, 11) is 0. The average molecular weight is 352 g/mol. The molecule has 2 saturated heterocycles. The molecule has 7 nitrogen and oxygen atoms in total. The number of alkyl halides is 1. The second-order valence-corrected chi connectivity index (χ2v) is 6.87. The van der Waals surface area contributed by atoms with Gasteiger partial charge in [-0.2, -0.15) is 5.10 Å². The average Bonchev–Trinajstić information content (AvgIpc) is 2.92. The van der Waals surface area contributed by atoms with Gasteiger partial charge in [0, 0.05) is 25.3 Å². The number of hydrogen-bond acceptors (Lipinski definition) is 4. The predicted molar refractivity (Wildman–Crippen MR) is 88.8 cm³/mol. The van der Waals surface area contributed by atoms with Crippen LogP contribution in [0, 0.1) is 13.8 Å². The van der Waals surface area contributed by atoms with Gasteiger partial charge in [0.15, 0.2) is 0 Å². The van der Waals surface area contributed by atoms with Crippen molar-refractivity contribution in [3.63, 3.8) is 0 Å². The van der Waals surface area contributed by atoms with Crippen molar-refractivity contribution in [1.29, 1.82) is 0 Å². The van der Waals surface area contributed by atoms with E-state index in [1.165, 1.54) is 9.80 Å². The van der Waals surface area contributed by atoms with Crippen molar-refractivity contribution < 1.29 is 18.7 Å². The minimum absolute atomic E-state index is 0.0709. The fourth-order valence-electron chi connectivity index (χ4n) is 3.51. The lowest BCUT2D eigenvalue weighted by atomic mass is 9.92. The van der Waals surface area contributed by atoms with Gasteiger partial charge in [0.2, 0.25) is 11.6 Å². The number of carbonyl (C=O) groups is 2. The fraction of sp³-hybridized carbons (Fsp3) is 0.706. The summed E-state index contributed by atoms with van der Waals surface area (Å²) in [6.07, 6.45) is 0.641. The van der Waals surface area contributed by atoms with Gasteiger partial charge in [-0.3, -0.25) is 14.3 Å². The van der Waals surface area contributed by atoms with Crippen molar-refractivity contribution in [2.45, 2.75) is 38.9 Å². The van der Waals surface area contributed by atoms with Crippen LogP contribution in [-0.2, 0) is 20.9 Å². The molecule has 0 radical (unpaired) electrons. The van der Waals surface area contributed by atoms with E-state index < -0.39 is 11.6 Å². The minimum Gasteiger partial charge on any atom is -0.378 e. The van der Waals surface area contributed by atoms with Gasteiger partial charge in [0.1, 0.15) is 6.54 Å². The molecule has 3 rings (SSSR count). The number of likely N-dealkylation sites (tertiary alicyclic amines) is 1. The molecule has 8 heteroatoms. The summed E-state index contributed by atoms with van der Waals surface area (Å²) in [6.45, 7) is 5.79. The van der Waals surface area contributed by atoms with Crippen LogP contribution in [0.25, 0.3) is 0 Å². The smallest absolute Gasteiger partial charge is 0.262 e. The number of halogens is 1. The highest BCUT2D eigenvalue weighted by atomic mass is 19.1. The second-order valence-electron chi connectivity index (χ2n) is 6.87. The Bertz CT molecular complexity index is 656. The van der Waals surface area contributed by atoms with E-state index in [-0.39, 0.29) is 25.4 Å². The van der Waals surface area contributed by atoms with Crippen LogP contribution in [-0.4, -0.2) is 76.5 Å². The Kier molecular flexibility index (Phi) is 5.08. The van der Waals surface area contributed by atoms with E-state index in [2.05, 4.69) is 5.10 Å². The van der Waals surface area contributed by atoms with Crippen LogP contribution < -0.4 is 0 Å². The van der Waals surface area contributed by atoms with Gasteiger partial charge in [-0.05, 0) is 32.8 Å². The number of morpholine rings is 1. The van der Waals surface area contributed by atoms with Crippen molar-refractivity contribution in [2.75, 3.05) is 39.4 Å². The minimum atomic E-state index is -2.00. The number of nitrogens with zero attached hydrogens (tertiary/aromatic N) is 4. The monoisotopic (exact) mass is 352 g/mol. The number of carbonyl (C=O) groups excluding carboxylic acids is 2. The summed E-state index contributed by atoms with van der Waals surface area (Å²) >= 11 is 0. The van der Waals surface area contributed by atoms with Crippen LogP contribution in [0.1, 0.15) is 24.2 Å². The molecule has 1 atom stereocenters. The Morgan fingerprint density at radius 2 is 1.96 bits per heavy atom. The van der Waals surface area contributed by atoms with E-state index in [9.17, 15) is 9.59 Å². The zero-order chi connectivity index (χ0) is 18.0. The molecule has 3 heterocycles. The van der Waals surface area contributed by atoms with E-state index in [4.69, 9.17) is 4.74 Å². The van der Waals surface area contributed by atoms with Crippen LogP contribution in [0.15, 0.2) is 6.07 Å². The summed E-state index contributed by atoms with van der Waals surface area (Å²) in [5.41, 5.74) is -0.273. The molecule has 25 heavy (non-hydrogen) atoms. The maximum atomic E-state index is 15.3. The van der Waals surface area contributed by atoms with E-state index in [1.807, 2.05) is 19.9 Å². The third-order valence-corrected chi connectivity index (χ3v) is 4.87. The molecule has 0 unspecified atom stereocenters. The Morgan fingerprint density at radius 3 is 2.60 bits per heavy atom. The highest BCUT2D eigenvalue weighted by Crippen LogP contribution is 2.28. The molecule has 2 fully saturated rings. The lowest BCUT2D eigenvalue weighted by Gasteiger charge is -2.40. The molecule has 0 bridgehead atoms. The summed E-state index contributed by atoms with van der Waals surface area (Å²) in [4.78, 5) is 28.1. The van der Waals surface area contributed by atoms with Gasteiger partial charge in [-0.1, -0.05) is 0 Å². The molecule has 2 amide bonds. The molecule has 138 valence electrons. The van der Waals surface area contributed by atoms with Crippen molar-refractivity contribution in [3.05, 3.63) is 17.5 Å². The maximum Gasteiger partial charge on any atom is 0.262 e. The Balaban J connectivity index is 1.66. The molecule has 0 spiro atoms. The van der Waals surface area contributed by atoms with Crippen LogP contribution >= 0.6 is 0 Å². The first kappa shape index (κ1) is 17.8. The number of amides is 2. The molecule has 0 aliphatic carbocycles. The highest BCUT2D eigenvalue weighted by Gasteiger charge is 2.46.